The van der Waals surface area contributed by atoms with Crippen LogP contribution in [0.1, 0.15) is 30.6 Å². The third-order valence-corrected chi connectivity index (χ3v) is 4.68. The van der Waals surface area contributed by atoms with Gasteiger partial charge in [0.1, 0.15) is 0 Å². The second-order valence-electron chi connectivity index (χ2n) is 5.03. The molecule has 2 rings (SSSR count). The fraction of sp³-hybridized carbons (Fsp3) is 0.692. The monoisotopic (exact) mass is 282 g/mol. The van der Waals surface area contributed by atoms with E-state index in [1.807, 2.05) is 43.5 Å². The van der Waals surface area contributed by atoms with Gasteiger partial charge in [-0.3, -0.25) is 9.48 Å². The van der Waals surface area contributed by atoms with E-state index in [1.54, 1.807) is 0 Å². The normalized spacial score (nSPS) is 21.1. The van der Waals surface area contributed by atoms with E-state index in [0.717, 1.165) is 29.3 Å². The molecule has 1 amide bonds. The van der Waals surface area contributed by atoms with Crippen LogP contribution < -0.4 is 10.6 Å². The van der Waals surface area contributed by atoms with E-state index in [0.29, 0.717) is 12.5 Å². The van der Waals surface area contributed by atoms with E-state index in [1.165, 1.54) is 0 Å². The number of amides is 1. The molecule has 0 aliphatic carbocycles. The van der Waals surface area contributed by atoms with Gasteiger partial charge in [0.15, 0.2) is 0 Å². The molecular formula is C13H22N4OS. The van der Waals surface area contributed by atoms with Gasteiger partial charge in [-0.2, -0.15) is 16.9 Å². The van der Waals surface area contributed by atoms with E-state index >= 15 is 0 Å². The Hall–Kier alpha value is -1.01. The molecule has 1 aromatic heterocycles. The molecule has 2 unspecified atom stereocenters. The first-order chi connectivity index (χ1) is 9.08. The number of carbonyl (C=O) groups excluding carboxylic acids is 1. The van der Waals surface area contributed by atoms with Crippen LogP contribution in [0, 0.1) is 6.92 Å². The van der Waals surface area contributed by atoms with Gasteiger partial charge in [-0.05, 0) is 13.8 Å². The van der Waals surface area contributed by atoms with Crippen molar-refractivity contribution in [2.24, 2.45) is 7.05 Å². The van der Waals surface area contributed by atoms with E-state index in [4.69, 9.17) is 0 Å². The van der Waals surface area contributed by atoms with Crippen LogP contribution in [-0.4, -0.2) is 39.8 Å². The fourth-order valence-electron chi connectivity index (χ4n) is 2.29. The summed E-state index contributed by atoms with van der Waals surface area (Å²) < 4.78 is 1.83. The maximum atomic E-state index is 12.0. The lowest BCUT2D eigenvalue weighted by atomic mass is 10.1. The number of hydrogen-bond acceptors (Lipinski definition) is 4. The van der Waals surface area contributed by atoms with Crippen LogP contribution in [0.5, 0.6) is 0 Å². The minimum atomic E-state index is 0.0115. The maximum Gasteiger partial charge on any atom is 0.222 e. The molecule has 1 aliphatic heterocycles. The van der Waals surface area contributed by atoms with E-state index in [9.17, 15) is 4.79 Å². The molecule has 1 aliphatic rings. The molecule has 0 radical (unpaired) electrons. The summed E-state index contributed by atoms with van der Waals surface area (Å²) >= 11 is 1.91. The summed E-state index contributed by atoms with van der Waals surface area (Å²) in [5, 5.41) is 10.6. The summed E-state index contributed by atoms with van der Waals surface area (Å²) in [6.07, 6.45) is 2.38. The minimum Gasteiger partial charge on any atom is -0.349 e. The largest absolute Gasteiger partial charge is 0.349 e. The highest BCUT2D eigenvalue weighted by Crippen LogP contribution is 2.16. The van der Waals surface area contributed by atoms with Crippen molar-refractivity contribution < 1.29 is 4.79 Å². The van der Waals surface area contributed by atoms with Crippen molar-refractivity contribution in [2.75, 3.05) is 18.1 Å². The molecule has 2 atom stereocenters. The van der Waals surface area contributed by atoms with Crippen molar-refractivity contribution in [3.8, 4) is 0 Å². The van der Waals surface area contributed by atoms with Gasteiger partial charge in [-0.1, -0.05) is 0 Å². The number of nitrogens with zero attached hydrogens (tertiary/aromatic N) is 2. The molecule has 0 spiro atoms. The van der Waals surface area contributed by atoms with Gasteiger partial charge in [0.05, 0.1) is 12.2 Å². The zero-order chi connectivity index (χ0) is 13.8. The molecular weight excluding hydrogens is 260 g/mol. The van der Waals surface area contributed by atoms with Gasteiger partial charge in [-0.25, -0.2) is 0 Å². The summed E-state index contributed by atoms with van der Waals surface area (Å²) in [5.41, 5.74) is 2.18. The third-order valence-electron chi connectivity index (χ3n) is 3.55. The molecule has 6 heteroatoms. The number of aryl methyl sites for hydroxylation is 1. The first-order valence-corrected chi connectivity index (χ1v) is 7.82. The van der Waals surface area contributed by atoms with Crippen molar-refractivity contribution >= 4 is 17.7 Å². The third kappa shape index (κ3) is 3.73. The van der Waals surface area contributed by atoms with Crippen LogP contribution in [0.4, 0.5) is 0 Å². The number of aromatic nitrogens is 2. The quantitative estimate of drug-likeness (QED) is 0.865. The fourth-order valence-corrected chi connectivity index (χ4v) is 3.24. The predicted molar refractivity (Wildman–Crippen MR) is 78.2 cm³/mol. The Morgan fingerprint density at radius 2 is 2.53 bits per heavy atom. The summed E-state index contributed by atoms with van der Waals surface area (Å²) in [6.45, 7) is 5.02. The first kappa shape index (κ1) is 14.4. The topological polar surface area (TPSA) is 59.0 Å². The molecule has 2 heterocycles. The van der Waals surface area contributed by atoms with Gasteiger partial charge in [0.2, 0.25) is 5.91 Å². The van der Waals surface area contributed by atoms with E-state index in [-0.39, 0.29) is 11.9 Å². The molecule has 19 heavy (non-hydrogen) atoms. The van der Waals surface area contributed by atoms with Crippen molar-refractivity contribution in [2.45, 2.75) is 32.4 Å². The summed E-state index contributed by atoms with van der Waals surface area (Å²) in [7, 11) is 1.91. The number of carbonyl (C=O) groups is 1. The standard InChI is InChI=1S/C13H22N4OS/c1-9(12-7-15-17(3)10(12)2)16-13(18)6-11-8-19-5-4-14-11/h7,9,11,14H,4-6,8H2,1-3H3,(H,16,18). The maximum absolute atomic E-state index is 12.0. The minimum absolute atomic E-state index is 0.0115. The average Bonchev–Trinajstić information content (AvgIpc) is 2.71. The first-order valence-electron chi connectivity index (χ1n) is 6.67. The Morgan fingerprint density at radius 1 is 1.74 bits per heavy atom. The van der Waals surface area contributed by atoms with Crippen molar-refractivity contribution in [3.05, 3.63) is 17.5 Å². The van der Waals surface area contributed by atoms with Crippen LogP contribution >= 0.6 is 11.8 Å². The molecule has 0 aromatic carbocycles. The number of rotatable bonds is 4. The molecule has 1 saturated heterocycles. The van der Waals surface area contributed by atoms with Gasteiger partial charge in [0.25, 0.3) is 0 Å². The number of nitrogens with one attached hydrogen (secondary N) is 2. The summed E-state index contributed by atoms with van der Waals surface area (Å²) in [5.74, 6) is 2.27. The highest BCUT2D eigenvalue weighted by molar-refractivity contribution is 7.99. The van der Waals surface area contributed by atoms with Crippen LogP contribution in [0.2, 0.25) is 0 Å². The Balaban J connectivity index is 1.86. The molecule has 106 valence electrons. The van der Waals surface area contributed by atoms with Crippen molar-refractivity contribution in [3.63, 3.8) is 0 Å². The van der Waals surface area contributed by atoms with Crippen molar-refractivity contribution in [1.82, 2.24) is 20.4 Å². The Morgan fingerprint density at radius 3 is 3.11 bits per heavy atom. The van der Waals surface area contributed by atoms with Crippen LogP contribution in [0.15, 0.2) is 6.20 Å². The number of hydrogen-bond donors (Lipinski definition) is 2. The molecule has 1 fully saturated rings. The zero-order valence-corrected chi connectivity index (χ0v) is 12.6. The van der Waals surface area contributed by atoms with Crippen molar-refractivity contribution in [1.29, 1.82) is 0 Å². The molecule has 0 saturated carbocycles. The Bertz CT molecular complexity index is 440. The molecule has 1 aromatic rings. The molecule has 0 bridgehead atoms. The second-order valence-corrected chi connectivity index (χ2v) is 6.18. The van der Waals surface area contributed by atoms with Crippen LogP contribution in [-0.2, 0) is 11.8 Å². The lowest BCUT2D eigenvalue weighted by molar-refractivity contribution is -0.122. The van der Waals surface area contributed by atoms with Crippen LogP contribution in [0.3, 0.4) is 0 Å². The molecule has 5 nitrogen and oxygen atoms in total. The van der Waals surface area contributed by atoms with Gasteiger partial charge in [-0.15, -0.1) is 0 Å². The van der Waals surface area contributed by atoms with Gasteiger partial charge >= 0.3 is 0 Å². The average molecular weight is 282 g/mol. The highest BCUT2D eigenvalue weighted by atomic mass is 32.2. The SMILES string of the molecule is Cc1c(C(C)NC(=O)CC2CSCCN2)cnn1C. The Labute approximate surface area is 118 Å². The van der Waals surface area contributed by atoms with Gasteiger partial charge in [0, 0.05) is 48.8 Å². The van der Waals surface area contributed by atoms with Gasteiger partial charge < -0.3 is 10.6 Å². The lowest BCUT2D eigenvalue weighted by Crippen LogP contribution is -2.41. The van der Waals surface area contributed by atoms with E-state index < -0.39 is 0 Å². The highest BCUT2D eigenvalue weighted by Gasteiger charge is 2.19. The smallest absolute Gasteiger partial charge is 0.222 e. The van der Waals surface area contributed by atoms with Crippen LogP contribution in [0.25, 0.3) is 0 Å². The molecule has 2 N–H and O–H groups in total. The number of thioether (sulfide) groups is 1. The van der Waals surface area contributed by atoms with E-state index in [2.05, 4.69) is 15.7 Å². The summed E-state index contributed by atoms with van der Waals surface area (Å²) in [6, 6.07) is 0.318. The Kier molecular flexibility index (Phi) is 4.87. The zero-order valence-electron chi connectivity index (χ0n) is 11.8. The summed E-state index contributed by atoms with van der Waals surface area (Å²) in [4.78, 5) is 12.0. The lowest BCUT2D eigenvalue weighted by Gasteiger charge is -2.23. The second kappa shape index (κ2) is 6.43. The predicted octanol–water partition coefficient (Wildman–Crippen LogP) is 1.00.